The number of rotatable bonds is 49. The van der Waals surface area contributed by atoms with Gasteiger partial charge in [0, 0.05) is 148 Å². The van der Waals surface area contributed by atoms with E-state index in [1.807, 2.05) is 146 Å². The van der Waals surface area contributed by atoms with Gasteiger partial charge in [0.15, 0.2) is 0 Å². The number of carbonyl (C=O) groups is 12. The number of hydrogen-bond acceptors (Lipinski definition) is 17. The number of likely N-dealkylation sites (tertiary alicyclic amines) is 2. The summed E-state index contributed by atoms with van der Waals surface area (Å²) in [5.41, 5.74) is 45.4. The maximum absolute atomic E-state index is 16.0. The summed E-state index contributed by atoms with van der Waals surface area (Å²) in [4.78, 5) is 204. The van der Waals surface area contributed by atoms with Crippen molar-refractivity contribution >= 4 is 136 Å². The van der Waals surface area contributed by atoms with Gasteiger partial charge in [-0.25, -0.2) is 0 Å². The van der Waals surface area contributed by atoms with Crippen LogP contribution in [0, 0.1) is 0 Å². The Balaban J connectivity index is 0.699. The van der Waals surface area contributed by atoms with Crippen molar-refractivity contribution in [1.82, 2.24) is 87.6 Å². The first-order valence-corrected chi connectivity index (χ1v) is 47.1. The van der Waals surface area contributed by atoms with Crippen LogP contribution in [0.1, 0.15) is 136 Å². The number of nitrogens with zero attached hydrogens (tertiary/aromatic N) is 2. The molecule has 0 unspecified atom stereocenters. The molecule has 12 atom stereocenters. The quantitative estimate of drug-likeness (QED) is 0.0223. The summed E-state index contributed by atoms with van der Waals surface area (Å²) < 4.78 is 0. The molecule has 712 valence electrons. The predicted molar refractivity (Wildman–Crippen MR) is 518 cm³/mol. The molecule has 8 heterocycles. The lowest BCUT2D eigenvalue weighted by atomic mass is 10.0. The zero-order chi connectivity index (χ0) is 95.0. The van der Waals surface area contributed by atoms with E-state index in [-0.39, 0.29) is 110 Å². The molecule has 12 amide bonds. The molecule has 2 saturated heterocycles. The van der Waals surface area contributed by atoms with Crippen LogP contribution < -0.4 is 82.3 Å². The minimum absolute atomic E-state index is 0.0143. The smallest absolute Gasteiger partial charge is 0.246 e. The Labute approximate surface area is 780 Å². The summed E-state index contributed by atoms with van der Waals surface area (Å²) in [5.74, 6) is -8.44. The van der Waals surface area contributed by atoms with Crippen LogP contribution in [0.2, 0.25) is 0 Å². The van der Waals surface area contributed by atoms with Gasteiger partial charge in [0.05, 0.1) is 6.04 Å². The highest BCUT2D eigenvalue weighted by Crippen LogP contribution is 2.31. The molecule has 0 saturated carbocycles. The lowest BCUT2D eigenvalue weighted by Gasteiger charge is -2.34. The van der Waals surface area contributed by atoms with E-state index in [0.717, 1.165) is 76.5 Å². The second-order valence-corrected chi connectivity index (χ2v) is 35.5. The number of H-pyrrole nitrogens is 6. The molecule has 6 aromatic carbocycles. The number of aromatic nitrogens is 6. The van der Waals surface area contributed by atoms with Crippen LogP contribution in [0.25, 0.3) is 65.4 Å². The summed E-state index contributed by atoms with van der Waals surface area (Å²) in [6.07, 6.45) is 15.0. The highest BCUT2D eigenvalue weighted by molar-refractivity contribution is 6.02. The van der Waals surface area contributed by atoms with Crippen molar-refractivity contribution in [2.75, 3.05) is 39.3 Å². The summed E-state index contributed by atoms with van der Waals surface area (Å²) in [6.45, 7) is 1.25. The number of unbranched alkanes of at least 4 members (excludes halogenated alkanes) is 4. The SMILES string of the molecule is NCCCC[C@@H](NC(=O)[C@H](N)Cc1c[nH]c2ccccc12)C(=O)N[C@H](Cc1c[nH]c2ccccc12)C(=O)N[C@H](CCCCN)C(=O)N[C@H](Cc1c[nH]c2ccccc12)C(=O)N1CCC[C@@H]1C(=O)N1CCC[C@H]1C(=O)N[C@H](Cc1c[nH]c2ccccc12)C(=O)N[C@H](CCCCN)C(=O)N[C@H](Cc1c[nH]c2ccccc12)C(=O)N[C@H](CCCCN)C(=O)N[C@H](Cc1c[nH]c2ccccc12)C(N)=O. The summed E-state index contributed by atoms with van der Waals surface area (Å²) >= 11 is 0. The Morgan fingerprint density at radius 2 is 0.548 bits per heavy atom. The van der Waals surface area contributed by atoms with Crippen molar-refractivity contribution in [3.63, 3.8) is 0 Å². The third-order valence-electron chi connectivity index (χ3n) is 26.1. The van der Waals surface area contributed by atoms with Crippen LogP contribution in [0.4, 0.5) is 0 Å². The number of amides is 12. The number of benzene rings is 6. The molecule has 0 radical (unpaired) electrons. The second-order valence-electron chi connectivity index (χ2n) is 35.5. The highest BCUT2D eigenvalue weighted by Gasteiger charge is 2.46. The van der Waals surface area contributed by atoms with Crippen molar-refractivity contribution in [1.29, 1.82) is 0 Å². The van der Waals surface area contributed by atoms with Gasteiger partial charge in [-0.1, -0.05) is 109 Å². The lowest BCUT2D eigenvalue weighted by molar-refractivity contribution is -0.148. The molecular weight excluding hydrogens is 1720 g/mol. The molecule has 6 aromatic heterocycles. The number of aromatic amines is 6. The fourth-order valence-electron chi connectivity index (χ4n) is 18.8. The predicted octanol–water partition coefficient (Wildman–Crippen LogP) is 5.00. The van der Waals surface area contributed by atoms with Gasteiger partial charge < -0.3 is 122 Å². The van der Waals surface area contributed by atoms with Crippen LogP contribution >= 0.6 is 0 Å². The fourth-order valence-corrected chi connectivity index (χ4v) is 18.8. The largest absolute Gasteiger partial charge is 0.368 e. The lowest BCUT2D eigenvalue weighted by Crippen LogP contribution is -2.61. The van der Waals surface area contributed by atoms with Gasteiger partial charge in [0.1, 0.15) is 66.5 Å². The van der Waals surface area contributed by atoms with Gasteiger partial charge in [-0.2, -0.15) is 0 Å². The molecular formula is C100H125N23O12. The van der Waals surface area contributed by atoms with Crippen LogP contribution in [0.3, 0.4) is 0 Å². The Hall–Kier alpha value is -14.0. The second kappa shape index (κ2) is 46.6. The van der Waals surface area contributed by atoms with E-state index in [1.54, 1.807) is 37.2 Å². The van der Waals surface area contributed by atoms with Gasteiger partial charge in [-0.3, -0.25) is 57.5 Å². The van der Waals surface area contributed by atoms with Gasteiger partial charge in [-0.15, -0.1) is 0 Å². The molecule has 0 bridgehead atoms. The molecule has 14 rings (SSSR count). The number of hydrogen-bond donors (Lipinski definition) is 21. The zero-order valence-corrected chi connectivity index (χ0v) is 75.8. The molecule has 0 aliphatic carbocycles. The fraction of sp³-hybridized carbons (Fsp3) is 0.400. The topological polar surface area (TPSA) is 570 Å². The van der Waals surface area contributed by atoms with Gasteiger partial charge in [-0.05, 0) is 205 Å². The number of nitrogens with one attached hydrogen (secondary N) is 15. The average Bonchev–Trinajstić information content (AvgIpc) is 1.66. The first kappa shape index (κ1) is 97.0. The summed E-state index contributed by atoms with van der Waals surface area (Å²) in [5, 5.41) is 31.2. The van der Waals surface area contributed by atoms with Crippen molar-refractivity contribution in [2.45, 2.75) is 214 Å². The molecule has 2 aliphatic rings. The van der Waals surface area contributed by atoms with Crippen molar-refractivity contribution in [2.24, 2.45) is 34.4 Å². The van der Waals surface area contributed by atoms with Crippen LogP contribution in [-0.2, 0) is 96.1 Å². The molecule has 12 aromatic rings. The standard InChI is InChI=1S/C100H125N23O12/c101-41-17-13-35-78(113-90(125)71(105)47-59-53-107-72-29-7-1-23-65(59)72)92(127)118-83(49-61-55-109-74-31-9-3-25-67(61)74)96(131)116-81(38-16-20-44-104)94(129)121-86(52-64-58-112-77-34-12-6-28-70(64)77)99(134)123-46-22-40-88(123)100(135)122-45-21-39-87(122)98(133)120-85(51-63-57-111-76-33-11-5-27-69(63)76)97(132)115-80(37-15-19-43-103)93(128)119-84(50-62-56-110-75-32-10-4-26-68(62)75)95(130)114-79(36-14-18-42-102)91(126)117-82(89(106)124)48-60-54-108-73-30-8-2-24-66(60)73/h1-12,23-34,53-58,71,78-88,107-112H,13-22,35-52,101-105H2,(H2,106,124)(H,113,125)(H,114,130)(H,115,132)(H,116,131)(H,117,126)(H,118,127)(H,119,128)(H,120,133)(H,121,129)/t71-,78-,79-,80-,81-,82-,83-,84-,85-,86-,87+,88-/m1/s1. The molecule has 35 heteroatoms. The van der Waals surface area contributed by atoms with Gasteiger partial charge >= 0.3 is 0 Å². The molecule has 27 N–H and O–H groups in total. The first-order chi connectivity index (χ1) is 65.6. The van der Waals surface area contributed by atoms with E-state index in [4.69, 9.17) is 34.4 Å². The van der Waals surface area contributed by atoms with Crippen molar-refractivity contribution in [3.05, 3.63) is 216 Å². The number of fused-ring (bicyclic) bond motifs is 6. The maximum Gasteiger partial charge on any atom is 0.246 e. The molecule has 2 aliphatic heterocycles. The summed E-state index contributed by atoms with van der Waals surface area (Å²) in [6, 6.07) is 29.6. The molecule has 2 fully saturated rings. The number of carbonyl (C=O) groups excluding carboxylic acids is 12. The van der Waals surface area contributed by atoms with E-state index >= 15 is 38.4 Å². The van der Waals surface area contributed by atoms with E-state index in [9.17, 15) is 19.2 Å². The van der Waals surface area contributed by atoms with Crippen LogP contribution in [-0.4, -0.2) is 222 Å². The normalized spacial score (nSPS) is 16.1. The minimum atomic E-state index is -1.42. The van der Waals surface area contributed by atoms with Gasteiger partial charge in [0.25, 0.3) is 0 Å². The first-order valence-electron chi connectivity index (χ1n) is 47.1. The number of primary amides is 1. The molecule has 135 heavy (non-hydrogen) atoms. The number of nitrogens with two attached hydrogens (primary N) is 6. The molecule has 0 spiro atoms. The molecule has 35 nitrogen and oxygen atoms in total. The maximum atomic E-state index is 16.0. The van der Waals surface area contributed by atoms with Crippen molar-refractivity contribution < 1.29 is 57.5 Å². The van der Waals surface area contributed by atoms with E-state index < -0.39 is 143 Å². The van der Waals surface area contributed by atoms with E-state index in [1.165, 1.54) is 9.80 Å². The summed E-state index contributed by atoms with van der Waals surface area (Å²) in [7, 11) is 0. The van der Waals surface area contributed by atoms with E-state index in [2.05, 4.69) is 77.8 Å². The third-order valence-corrected chi connectivity index (χ3v) is 26.1. The average molecular weight is 1840 g/mol. The van der Waals surface area contributed by atoms with Crippen molar-refractivity contribution in [3.8, 4) is 0 Å². The van der Waals surface area contributed by atoms with Crippen LogP contribution in [0.5, 0.6) is 0 Å². The Bertz CT molecular complexity index is 6170. The van der Waals surface area contributed by atoms with Crippen LogP contribution in [0.15, 0.2) is 183 Å². The van der Waals surface area contributed by atoms with E-state index in [0.29, 0.717) is 93.0 Å². The minimum Gasteiger partial charge on any atom is -0.368 e. The monoisotopic (exact) mass is 1840 g/mol. The Morgan fingerprint density at radius 3 is 0.874 bits per heavy atom. The Morgan fingerprint density at radius 1 is 0.296 bits per heavy atom. The third kappa shape index (κ3) is 24.3. The highest BCUT2D eigenvalue weighted by atomic mass is 16.2. The Kier molecular flexibility index (Phi) is 33.5. The number of para-hydroxylation sites is 6. The zero-order valence-electron chi connectivity index (χ0n) is 75.8. The van der Waals surface area contributed by atoms with Gasteiger partial charge in [0.2, 0.25) is 70.9 Å².